The van der Waals surface area contributed by atoms with Crippen molar-refractivity contribution in [3.8, 4) is 11.8 Å². The van der Waals surface area contributed by atoms with E-state index < -0.39 is 5.92 Å². The third-order valence-electron chi connectivity index (χ3n) is 4.13. The lowest BCUT2D eigenvalue weighted by Gasteiger charge is -2.27. The van der Waals surface area contributed by atoms with Crippen molar-refractivity contribution in [2.24, 2.45) is 12.8 Å². The van der Waals surface area contributed by atoms with Gasteiger partial charge in [-0.05, 0) is 24.6 Å². The first-order valence-electron chi connectivity index (χ1n) is 7.08. The molecule has 5 nitrogen and oxygen atoms in total. The van der Waals surface area contributed by atoms with Gasteiger partial charge in [0, 0.05) is 18.8 Å². The van der Waals surface area contributed by atoms with Gasteiger partial charge in [0.15, 0.2) is 0 Å². The molecule has 0 unspecified atom stereocenters. The summed E-state index contributed by atoms with van der Waals surface area (Å²) in [4.78, 5) is 12.8. The zero-order valence-electron chi connectivity index (χ0n) is 12.9. The Labute approximate surface area is 148 Å². The maximum absolute atomic E-state index is 12.8. The zero-order valence-corrected chi connectivity index (χ0v) is 14.4. The number of nitrogens with zero attached hydrogens (tertiary/aromatic N) is 2. The first-order valence-corrected chi connectivity index (χ1v) is 7.83. The minimum atomic E-state index is -0.659. The van der Waals surface area contributed by atoms with Crippen LogP contribution in [-0.4, -0.2) is 4.57 Å². The minimum absolute atomic E-state index is 0.0197. The first kappa shape index (κ1) is 16.4. The second-order valence-electron chi connectivity index (χ2n) is 5.53. The molecule has 0 saturated heterocycles. The Bertz CT molecular complexity index is 987. The van der Waals surface area contributed by atoms with E-state index in [-0.39, 0.29) is 17.0 Å². The Morgan fingerprint density at radius 1 is 1.29 bits per heavy atom. The van der Waals surface area contributed by atoms with Crippen molar-refractivity contribution >= 4 is 23.2 Å². The van der Waals surface area contributed by atoms with E-state index in [1.54, 1.807) is 38.2 Å². The molecule has 0 saturated carbocycles. The zero-order chi connectivity index (χ0) is 17.6. The van der Waals surface area contributed by atoms with Crippen LogP contribution in [-0.2, 0) is 7.05 Å². The molecule has 2 aromatic rings. The van der Waals surface area contributed by atoms with Crippen LogP contribution in [0.3, 0.4) is 0 Å². The van der Waals surface area contributed by atoms with E-state index in [1.165, 1.54) is 4.57 Å². The quantitative estimate of drug-likeness (QED) is 0.845. The molecule has 3 rings (SSSR count). The van der Waals surface area contributed by atoms with Gasteiger partial charge in [-0.25, -0.2) is 0 Å². The molecule has 24 heavy (non-hydrogen) atoms. The van der Waals surface area contributed by atoms with E-state index in [2.05, 4.69) is 0 Å². The van der Waals surface area contributed by atoms with Crippen LogP contribution in [0.1, 0.15) is 22.7 Å². The molecular formula is C17H13Cl2N3O2. The predicted octanol–water partition coefficient (Wildman–Crippen LogP) is 3.22. The lowest BCUT2D eigenvalue weighted by molar-refractivity contribution is 0.389. The summed E-state index contributed by atoms with van der Waals surface area (Å²) in [6, 6.07) is 8.74. The minimum Gasteiger partial charge on any atom is -0.440 e. The molecule has 0 bridgehead atoms. The number of nitriles is 1. The molecule has 7 heteroatoms. The number of aromatic nitrogens is 1. The number of benzene rings is 1. The van der Waals surface area contributed by atoms with Gasteiger partial charge in [-0.2, -0.15) is 5.26 Å². The van der Waals surface area contributed by atoms with Crippen molar-refractivity contribution in [2.45, 2.75) is 12.8 Å². The van der Waals surface area contributed by atoms with Crippen molar-refractivity contribution in [1.82, 2.24) is 4.57 Å². The molecule has 0 amide bonds. The third-order valence-corrected chi connectivity index (χ3v) is 4.87. The van der Waals surface area contributed by atoms with Crippen LogP contribution in [0.5, 0.6) is 5.75 Å². The number of rotatable bonds is 1. The van der Waals surface area contributed by atoms with E-state index in [4.69, 9.17) is 33.7 Å². The van der Waals surface area contributed by atoms with Gasteiger partial charge in [0.1, 0.15) is 17.4 Å². The van der Waals surface area contributed by atoms with Gasteiger partial charge in [0.05, 0.1) is 21.5 Å². The fraction of sp³-hybridized carbons (Fsp3) is 0.176. The van der Waals surface area contributed by atoms with Gasteiger partial charge in [-0.1, -0.05) is 29.3 Å². The molecule has 0 fully saturated rings. The van der Waals surface area contributed by atoms with Crippen molar-refractivity contribution < 1.29 is 4.74 Å². The summed E-state index contributed by atoms with van der Waals surface area (Å²) in [5, 5.41) is 10.2. The number of aryl methyl sites for hydroxylation is 1. The third kappa shape index (κ3) is 2.44. The van der Waals surface area contributed by atoms with Gasteiger partial charge in [0.25, 0.3) is 5.56 Å². The number of allylic oxidation sites excluding steroid dienone is 1. The summed E-state index contributed by atoms with van der Waals surface area (Å²) >= 11 is 12.1. The summed E-state index contributed by atoms with van der Waals surface area (Å²) in [5.74, 6) is -0.329. The van der Waals surface area contributed by atoms with Crippen LogP contribution in [0, 0.1) is 18.3 Å². The van der Waals surface area contributed by atoms with Crippen LogP contribution < -0.4 is 16.0 Å². The van der Waals surface area contributed by atoms with E-state index in [1.807, 2.05) is 6.07 Å². The highest BCUT2D eigenvalue weighted by molar-refractivity contribution is 6.42. The maximum Gasteiger partial charge on any atom is 0.258 e. The molecule has 122 valence electrons. The van der Waals surface area contributed by atoms with Crippen molar-refractivity contribution in [2.75, 3.05) is 0 Å². The van der Waals surface area contributed by atoms with Crippen LogP contribution in [0.25, 0.3) is 0 Å². The molecule has 2 N–H and O–H groups in total. The summed E-state index contributed by atoms with van der Waals surface area (Å²) in [6.07, 6.45) is 0. The van der Waals surface area contributed by atoms with Gasteiger partial charge in [-0.15, -0.1) is 0 Å². The first-order chi connectivity index (χ1) is 11.3. The highest BCUT2D eigenvalue weighted by Crippen LogP contribution is 2.41. The number of ether oxygens (including phenoxy) is 1. The van der Waals surface area contributed by atoms with Crippen molar-refractivity contribution in [1.29, 1.82) is 5.26 Å². The van der Waals surface area contributed by atoms with Gasteiger partial charge in [0.2, 0.25) is 5.88 Å². The van der Waals surface area contributed by atoms with E-state index in [0.717, 1.165) is 5.69 Å². The maximum atomic E-state index is 12.8. The number of hydrogen-bond acceptors (Lipinski definition) is 4. The van der Waals surface area contributed by atoms with E-state index in [0.29, 0.717) is 26.9 Å². The van der Waals surface area contributed by atoms with E-state index in [9.17, 15) is 10.1 Å². The Morgan fingerprint density at radius 3 is 2.62 bits per heavy atom. The second kappa shape index (κ2) is 5.90. The number of halogens is 2. The smallest absolute Gasteiger partial charge is 0.258 e. The highest BCUT2D eigenvalue weighted by Gasteiger charge is 2.34. The predicted molar refractivity (Wildman–Crippen MR) is 92.2 cm³/mol. The Hall–Kier alpha value is -2.42. The molecule has 1 aromatic carbocycles. The average Bonchev–Trinajstić information content (AvgIpc) is 2.54. The highest BCUT2D eigenvalue weighted by atomic mass is 35.5. The van der Waals surface area contributed by atoms with Crippen LogP contribution in [0.4, 0.5) is 0 Å². The molecule has 0 aliphatic carbocycles. The topological polar surface area (TPSA) is 81.0 Å². The molecule has 0 radical (unpaired) electrons. The number of fused-ring (bicyclic) bond motifs is 1. The van der Waals surface area contributed by atoms with Crippen LogP contribution >= 0.6 is 23.2 Å². The van der Waals surface area contributed by atoms with Crippen LogP contribution in [0.15, 0.2) is 40.5 Å². The Balaban J connectivity index is 2.35. The molecule has 0 spiro atoms. The number of nitrogens with two attached hydrogens (primary N) is 1. The Kier molecular flexibility index (Phi) is 4.04. The molecule has 1 atom stereocenters. The van der Waals surface area contributed by atoms with Gasteiger partial charge in [-0.3, -0.25) is 4.79 Å². The summed E-state index contributed by atoms with van der Waals surface area (Å²) in [6.45, 7) is 1.79. The average molecular weight is 362 g/mol. The summed E-state index contributed by atoms with van der Waals surface area (Å²) in [5.41, 5.74) is 7.55. The molecule has 1 aliphatic heterocycles. The lowest BCUT2D eigenvalue weighted by Crippen LogP contribution is -2.31. The summed E-state index contributed by atoms with van der Waals surface area (Å²) in [7, 11) is 1.66. The molecule has 1 aromatic heterocycles. The SMILES string of the molecule is Cc1cc2c(c(=O)n1C)[C@H](c1ccc(Cl)c(Cl)c1)C(C#N)=C(N)O2. The molecule has 2 heterocycles. The molecule has 1 aliphatic rings. The van der Waals surface area contributed by atoms with Gasteiger partial charge < -0.3 is 15.0 Å². The largest absolute Gasteiger partial charge is 0.440 e. The van der Waals surface area contributed by atoms with Crippen molar-refractivity contribution in [3.05, 3.63) is 72.9 Å². The fourth-order valence-electron chi connectivity index (χ4n) is 2.77. The van der Waals surface area contributed by atoms with Crippen molar-refractivity contribution in [3.63, 3.8) is 0 Å². The monoisotopic (exact) mass is 361 g/mol. The van der Waals surface area contributed by atoms with E-state index >= 15 is 0 Å². The standard InChI is InChI=1S/C17H13Cl2N3O2/c1-8-5-13-15(17(23)22(8)2)14(10(7-20)16(21)24-13)9-3-4-11(18)12(19)6-9/h3-6,14H,21H2,1-2H3/t14-/m1/s1. The fourth-order valence-corrected chi connectivity index (χ4v) is 3.07. The molecular weight excluding hydrogens is 349 g/mol. The normalized spacial score (nSPS) is 16.4. The summed E-state index contributed by atoms with van der Waals surface area (Å²) < 4.78 is 7.02. The number of hydrogen-bond donors (Lipinski definition) is 1. The van der Waals surface area contributed by atoms with Crippen LogP contribution in [0.2, 0.25) is 10.0 Å². The number of pyridine rings is 1. The Morgan fingerprint density at radius 2 is 2.00 bits per heavy atom. The van der Waals surface area contributed by atoms with Gasteiger partial charge >= 0.3 is 0 Å². The second-order valence-corrected chi connectivity index (χ2v) is 6.34. The lowest BCUT2D eigenvalue weighted by atomic mass is 9.84.